The molecule has 2 atom stereocenters. The SMILES string of the molecule is CCC(C)C(N)c1c(F)cc(Br)cc1F. The van der Waals surface area contributed by atoms with Crippen molar-refractivity contribution in [2.75, 3.05) is 0 Å². The van der Waals surface area contributed by atoms with E-state index in [9.17, 15) is 8.78 Å². The predicted molar refractivity (Wildman–Crippen MR) is 60.4 cm³/mol. The molecule has 0 saturated carbocycles. The summed E-state index contributed by atoms with van der Waals surface area (Å²) in [5.41, 5.74) is 5.78. The molecular formula is C11H14BrF2N. The van der Waals surface area contributed by atoms with Crippen LogP contribution in [0.2, 0.25) is 0 Å². The average molecular weight is 278 g/mol. The molecule has 0 aliphatic rings. The highest BCUT2D eigenvalue weighted by molar-refractivity contribution is 9.10. The number of benzene rings is 1. The molecule has 0 amide bonds. The Morgan fingerprint density at radius 1 is 1.33 bits per heavy atom. The highest BCUT2D eigenvalue weighted by atomic mass is 79.9. The third-order valence-corrected chi connectivity index (χ3v) is 3.09. The van der Waals surface area contributed by atoms with Crippen LogP contribution in [0.4, 0.5) is 8.78 Å². The fraction of sp³-hybridized carbons (Fsp3) is 0.455. The van der Waals surface area contributed by atoms with Crippen LogP contribution in [0.3, 0.4) is 0 Å². The molecule has 0 radical (unpaired) electrons. The summed E-state index contributed by atoms with van der Waals surface area (Å²) in [4.78, 5) is 0. The van der Waals surface area contributed by atoms with Crippen LogP contribution in [-0.4, -0.2) is 0 Å². The topological polar surface area (TPSA) is 26.0 Å². The third-order valence-electron chi connectivity index (χ3n) is 2.63. The first kappa shape index (κ1) is 12.6. The molecule has 0 aromatic heterocycles. The molecule has 4 heteroatoms. The van der Waals surface area contributed by atoms with Gasteiger partial charge in [-0.25, -0.2) is 8.78 Å². The van der Waals surface area contributed by atoms with E-state index in [4.69, 9.17) is 5.73 Å². The second kappa shape index (κ2) is 5.03. The Morgan fingerprint density at radius 3 is 2.20 bits per heavy atom. The number of rotatable bonds is 3. The minimum Gasteiger partial charge on any atom is -0.324 e. The van der Waals surface area contributed by atoms with E-state index in [1.807, 2.05) is 13.8 Å². The zero-order valence-corrected chi connectivity index (χ0v) is 10.3. The van der Waals surface area contributed by atoms with Gasteiger partial charge in [-0.2, -0.15) is 0 Å². The highest BCUT2D eigenvalue weighted by Gasteiger charge is 2.21. The number of hydrogen-bond donors (Lipinski definition) is 1. The van der Waals surface area contributed by atoms with Crippen LogP contribution in [0, 0.1) is 17.6 Å². The van der Waals surface area contributed by atoms with Gasteiger partial charge in [0.05, 0.1) is 0 Å². The molecule has 2 unspecified atom stereocenters. The summed E-state index contributed by atoms with van der Waals surface area (Å²) < 4.78 is 27.4. The fourth-order valence-corrected chi connectivity index (χ4v) is 1.81. The molecule has 0 aliphatic carbocycles. The molecule has 1 aromatic carbocycles. The third kappa shape index (κ3) is 2.75. The number of hydrogen-bond acceptors (Lipinski definition) is 1. The molecule has 2 N–H and O–H groups in total. The van der Waals surface area contributed by atoms with Gasteiger partial charge in [0, 0.05) is 16.1 Å². The quantitative estimate of drug-likeness (QED) is 0.894. The maximum absolute atomic E-state index is 13.5. The van der Waals surface area contributed by atoms with E-state index in [2.05, 4.69) is 15.9 Å². The van der Waals surface area contributed by atoms with Crippen LogP contribution in [0.5, 0.6) is 0 Å². The molecule has 0 fully saturated rings. The smallest absolute Gasteiger partial charge is 0.132 e. The minimum absolute atomic E-state index is 0.0208. The summed E-state index contributed by atoms with van der Waals surface area (Å²) in [5, 5.41) is 0. The van der Waals surface area contributed by atoms with Crippen molar-refractivity contribution >= 4 is 15.9 Å². The Balaban J connectivity index is 3.13. The summed E-state index contributed by atoms with van der Waals surface area (Å²) in [5.74, 6) is -1.13. The van der Waals surface area contributed by atoms with Crippen molar-refractivity contribution in [3.05, 3.63) is 33.8 Å². The van der Waals surface area contributed by atoms with E-state index in [0.717, 1.165) is 6.42 Å². The minimum atomic E-state index is -0.594. The summed E-state index contributed by atoms with van der Waals surface area (Å²) in [6.07, 6.45) is 0.788. The molecule has 84 valence electrons. The van der Waals surface area contributed by atoms with Crippen LogP contribution in [0.1, 0.15) is 31.9 Å². The Kier molecular flexibility index (Phi) is 4.22. The summed E-state index contributed by atoms with van der Waals surface area (Å²) in [7, 11) is 0. The van der Waals surface area contributed by atoms with Crippen molar-refractivity contribution in [2.24, 2.45) is 11.7 Å². The van der Waals surface area contributed by atoms with Crippen molar-refractivity contribution in [3.63, 3.8) is 0 Å². The van der Waals surface area contributed by atoms with Crippen LogP contribution in [-0.2, 0) is 0 Å². The fourth-order valence-electron chi connectivity index (χ4n) is 1.41. The number of halogens is 3. The zero-order chi connectivity index (χ0) is 11.6. The van der Waals surface area contributed by atoms with Gasteiger partial charge >= 0.3 is 0 Å². The normalized spacial score (nSPS) is 15.1. The lowest BCUT2D eigenvalue weighted by molar-refractivity contribution is 0.419. The maximum Gasteiger partial charge on any atom is 0.132 e. The van der Waals surface area contributed by atoms with E-state index in [1.54, 1.807) is 0 Å². The van der Waals surface area contributed by atoms with E-state index in [1.165, 1.54) is 12.1 Å². The van der Waals surface area contributed by atoms with Crippen molar-refractivity contribution in [2.45, 2.75) is 26.3 Å². The second-order valence-corrected chi connectivity index (χ2v) is 4.61. The first-order valence-electron chi connectivity index (χ1n) is 4.87. The van der Waals surface area contributed by atoms with Crippen molar-refractivity contribution in [1.29, 1.82) is 0 Å². The van der Waals surface area contributed by atoms with E-state index < -0.39 is 17.7 Å². The highest BCUT2D eigenvalue weighted by Crippen LogP contribution is 2.28. The largest absolute Gasteiger partial charge is 0.324 e. The van der Waals surface area contributed by atoms with Crippen LogP contribution in [0.25, 0.3) is 0 Å². The summed E-state index contributed by atoms with van der Waals surface area (Å²) in [6, 6.07) is 1.88. The lowest BCUT2D eigenvalue weighted by atomic mass is 9.93. The first-order chi connectivity index (χ1) is 6.97. The molecule has 1 rings (SSSR count). The second-order valence-electron chi connectivity index (χ2n) is 3.69. The molecular weight excluding hydrogens is 264 g/mol. The molecule has 15 heavy (non-hydrogen) atoms. The molecule has 0 saturated heterocycles. The Labute approximate surface area is 96.8 Å². The molecule has 0 heterocycles. The number of nitrogens with two attached hydrogens (primary N) is 1. The van der Waals surface area contributed by atoms with Gasteiger partial charge in [-0.05, 0) is 18.1 Å². The molecule has 1 aromatic rings. The summed E-state index contributed by atoms with van der Waals surface area (Å²) in [6.45, 7) is 3.82. The van der Waals surface area contributed by atoms with Gasteiger partial charge in [-0.3, -0.25) is 0 Å². The van der Waals surface area contributed by atoms with Crippen molar-refractivity contribution in [3.8, 4) is 0 Å². The zero-order valence-electron chi connectivity index (χ0n) is 8.73. The van der Waals surface area contributed by atoms with Crippen molar-refractivity contribution < 1.29 is 8.78 Å². The van der Waals surface area contributed by atoms with E-state index in [-0.39, 0.29) is 11.5 Å². The van der Waals surface area contributed by atoms with Gasteiger partial charge in [-0.15, -0.1) is 0 Å². The predicted octanol–water partition coefficient (Wildman–Crippen LogP) is 3.77. The lowest BCUT2D eigenvalue weighted by Gasteiger charge is -2.20. The Morgan fingerprint density at radius 2 is 1.80 bits per heavy atom. The lowest BCUT2D eigenvalue weighted by Crippen LogP contribution is -2.21. The molecule has 1 nitrogen and oxygen atoms in total. The molecule has 0 spiro atoms. The van der Waals surface area contributed by atoms with Crippen molar-refractivity contribution in [1.82, 2.24) is 0 Å². The van der Waals surface area contributed by atoms with Crippen LogP contribution < -0.4 is 5.73 Å². The van der Waals surface area contributed by atoms with Gasteiger partial charge < -0.3 is 5.73 Å². The van der Waals surface area contributed by atoms with E-state index in [0.29, 0.717) is 4.47 Å². The van der Waals surface area contributed by atoms with Gasteiger partial charge in [0.2, 0.25) is 0 Å². The first-order valence-corrected chi connectivity index (χ1v) is 5.66. The van der Waals surface area contributed by atoms with E-state index >= 15 is 0 Å². The Hall–Kier alpha value is -0.480. The van der Waals surface area contributed by atoms with Gasteiger partial charge in [-0.1, -0.05) is 36.2 Å². The standard InChI is InChI=1S/C11H14BrF2N/c1-3-6(2)11(15)10-8(13)4-7(12)5-9(10)14/h4-6,11H,3,15H2,1-2H3. The van der Waals surface area contributed by atoms with Gasteiger partial charge in [0.1, 0.15) is 11.6 Å². The average Bonchev–Trinajstić information content (AvgIpc) is 2.14. The monoisotopic (exact) mass is 277 g/mol. The van der Waals surface area contributed by atoms with Gasteiger partial charge in [0.25, 0.3) is 0 Å². The molecule has 0 bridgehead atoms. The van der Waals surface area contributed by atoms with Crippen LogP contribution in [0.15, 0.2) is 16.6 Å². The molecule has 0 aliphatic heterocycles. The van der Waals surface area contributed by atoms with Gasteiger partial charge in [0.15, 0.2) is 0 Å². The maximum atomic E-state index is 13.5. The summed E-state index contributed by atoms with van der Waals surface area (Å²) >= 11 is 3.03. The van der Waals surface area contributed by atoms with Crippen LogP contribution >= 0.6 is 15.9 Å². The Bertz CT molecular complexity index is 331.